The van der Waals surface area contributed by atoms with E-state index in [1.807, 2.05) is 19.1 Å². The smallest absolute Gasteiger partial charge is 0.254 e. The van der Waals surface area contributed by atoms with Crippen LogP contribution in [-0.4, -0.2) is 15.5 Å². The summed E-state index contributed by atoms with van der Waals surface area (Å²) in [4.78, 5) is 28.3. The molecule has 0 saturated heterocycles. The van der Waals surface area contributed by atoms with E-state index in [4.69, 9.17) is 0 Å². The van der Waals surface area contributed by atoms with Crippen molar-refractivity contribution in [3.8, 4) is 11.3 Å². The van der Waals surface area contributed by atoms with Gasteiger partial charge in [0.2, 0.25) is 5.91 Å². The molecule has 126 valence electrons. The van der Waals surface area contributed by atoms with Gasteiger partial charge in [-0.15, -0.1) is 0 Å². The first-order valence-electron chi connectivity index (χ1n) is 7.71. The van der Waals surface area contributed by atoms with Gasteiger partial charge in [-0.05, 0) is 31.2 Å². The number of halogens is 1. The monoisotopic (exact) mass is 337 g/mol. The second-order valence-corrected chi connectivity index (χ2v) is 5.63. The van der Waals surface area contributed by atoms with Crippen molar-refractivity contribution in [1.29, 1.82) is 0 Å². The van der Waals surface area contributed by atoms with Gasteiger partial charge in [0, 0.05) is 17.3 Å². The Morgan fingerprint density at radius 2 is 1.88 bits per heavy atom. The zero-order chi connectivity index (χ0) is 17.8. The lowest BCUT2D eigenvalue weighted by molar-refractivity contribution is -0.116. The summed E-state index contributed by atoms with van der Waals surface area (Å²) in [6.07, 6.45) is 1.25. The van der Waals surface area contributed by atoms with Crippen LogP contribution in [0.3, 0.4) is 0 Å². The molecular weight excluding hydrogens is 321 g/mol. The van der Waals surface area contributed by atoms with E-state index < -0.39 is 11.4 Å². The minimum absolute atomic E-state index is 0.169. The van der Waals surface area contributed by atoms with Crippen LogP contribution < -0.4 is 10.9 Å². The van der Waals surface area contributed by atoms with Gasteiger partial charge < -0.3 is 5.32 Å². The maximum absolute atomic E-state index is 13.8. The molecule has 0 bridgehead atoms. The summed E-state index contributed by atoms with van der Waals surface area (Å²) in [7, 11) is 0. The molecule has 2 aromatic carbocycles. The lowest BCUT2D eigenvalue weighted by Gasteiger charge is -2.08. The van der Waals surface area contributed by atoms with E-state index in [1.54, 1.807) is 30.3 Å². The summed E-state index contributed by atoms with van der Waals surface area (Å²) in [6, 6.07) is 14.6. The molecule has 0 radical (unpaired) electrons. The van der Waals surface area contributed by atoms with Crippen molar-refractivity contribution in [1.82, 2.24) is 9.55 Å². The summed E-state index contributed by atoms with van der Waals surface area (Å²) in [5, 5.41) is 2.71. The maximum Gasteiger partial charge on any atom is 0.254 e. The van der Waals surface area contributed by atoms with Crippen LogP contribution in [0.1, 0.15) is 5.56 Å². The fourth-order valence-electron chi connectivity index (χ4n) is 2.35. The van der Waals surface area contributed by atoms with Crippen LogP contribution in [0.5, 0.6) is 0 Å². The number of aryl methyl sites for hydroxylation is 1. The van der Waals surface area contributed by atoms with E-state index in [0.717, 1.165) is 5.56 Å². The van der Waals surface area contributed by atoms with Crippen LogP contribution in [0.25, 0.3) is 11.3 Å². The molecular formula is C19H16FN3O2. The van der Waals surface area contributed by atoms with Crippen molar-refractivity contribution >= 4 is 11.6 Å². The summed E-state index contributed by atoms with van der Waals surface area (Å²) >= 11 is 0. The van der Waals surface area contributed by atoms with Crippen molar-refractivity contribution in [2.45, 2.75) is 13.5 Å². The Bertz CT molecular complexity index is 965. The number of benzene rings is 2. The Morgan fingerprint density at radius 3 is 2.56 bits per heavy atom. The van der Waals surface area contributed by atoms with Gasteiger partial charge in [0.25, 0.3) is 5.56 Å². The van der Waals surface area contributed by atoms with E-state index in [1.165, 1.54) is 23.0 Å². The number of nitrogens with zero attached hydrogens (tertiary/aromatic N) is 2. The largest absolute Gasteiger partial charge is 0.325 e. The highest BCUT2D eigenvalue weighted by molar-refractivity contribution is 5.90. The van der Waals surface area contributed by atoms with Crippen molar-refractivity contribution in [3.63, 3.8) is 0 Å². The highest BCUT2D eigenvalue weighted by atomic mass is 19.1. The first kappa shape index (κ1) is 16.6. The van der Waals surface area contributed by atoms with Gasteiger partial charge in [-0.1, -0.05) is 29.8 Å². The Kier molecular flexibility index (Phi) is 4.70. The van der Waals surface area contributed by atoms with Gasteiger partial charge in [-0.3, -0.25) is 14.2 Å². The van der Waals surface area contributed by atoms with E-state index in [-0.39, 0.29) is 23.7 Å². The second-order valence-electron chi connectivity index (χ2n) is 5.63. The predicted molar refractivity (Wildman–Crippen MR) is 93.7 cm³/mol. The lowest BCUT2D eigenvalue weighted by atomic mass is 10.1. The molecule has 1 N–H and O–H groups in total. The lowest BCUT2D eigenvalue weighted by Crippen LogP contribution is -2.27. The number of carbonyl (C=O) groups excluding carboxylic acids is 1. The third kappa shape index (κ3) is 3.98. The zero-order valence-corrected chi connectivity index (χ0v) is 13.6. The number of carbonyl (C=O) groups is 1. The molecule has 6 heteroatoms. The molecule has 1 amide bonds. The third-order valence-electron chi connectivity index (χ3n) is 3.68. The molecule has 1 aromatic heterocycles. The number of rotatable bonds is 4. The topological polar surface area (TPSA) is 64.0 Å². The van der Waals surface area contributed by atoms with Gasteiger partial charge in [0.15, 0.2) is 0 Å². The number of hydrogen-bond donors (Lipinski definition) is 1. The van der Waals surface area contributed by atoms with Crippen LogP contribution >= 0.6 is 0 Å². The average Bonchev–Trinajstić information content (AvgIpc) is 2.59. The quantitative estimate of drug-likeness (QED) is 0.796. The summed E-state index contributed by atoms with van der Waals surface area (Å²) < 4.78 is 14.9. The molecule has 0 saturated carbocycles. The molecule has 0 unspecified atom stereocenters. The Balaban J connectivity index is 1.75. The standard InChI is InChI=1S/C19H16FN3O2/c1-13-6-8-14(9-7-13)22-18(24)11-23-12-21-17(10-19(23)25)15-4-2-3-5-16(15)20/h2-10,12H,11H2,1H3,(H,22,24). The van der Waals surface area contributed by atoms with E-state index in [9.17, 15) is 14.0 Å². The molecule has 0 aliphatic rings. The normalized spacial score (nSPS) is 10.5. The first-order chi connectivity index (χ1) is 12.0. The predicted octanol–water partition coefficient (Wildman–Crippen LogP) is 3.00. The number of nitrogens with one attached hydrogen (secondary N) is 1. The molecule has 0 aliphatic heterocycles. The average molecular weight is 337 g/mol. The Labute approximate surface area is 143 Å². The molecule has 0 atom stereocenters. The number of anilines is 1. The van der Waals surface area contributed by atoms with Crippen molar-refractivity contribution < 1.29 is 9.18 Å². The van der Waals surface area contributed by atoms with E-state index in [0.29, 0.717) is 5.69 Å². The molecule has 0 aliphatic carbocycles. The molecule has 25 heavy (non-hydrogen) atoms. The molecule has 3 rings (SSSR count). The fourth-order valence-corrected chi connectivity index (χ4v) is 2.35. The summed E-state index contributed by atoms with van der Waals surface area (Å²) in [5.41, 5.74) is 1.79. The maximum atomic E-state index is 13.8. The molecule has 5 nitrogen and oxygen atoms in total. The summed E-state index contributed by atoms with van der Waals surface area (Å²) in [5.74, 6) is -0.796. The second kappa shape index (κ2) is 7.09. The van der Waals surface area contributed by atoms with Gasteiger partial charge in [0.1, 0.15) is 12.4 Å². The van der Waals surface area contributed by atoms with Gasteiger partial charge in [-0.25, -0.2) is 9.37 Å². The SMILES string of the molecule is Cc1ccc(NC(=O)Cn2cnc(-c3ccccc3F)cc2=O)cc1. The van der Waals surface area contributed by atoms with Crippen LogP contribution in [0.15, 0.2) is 65.7 Å². The van der Waals surface area contributed by atoms with Crippen LogP contribution in [-0.2, 0) is 11.3 Å². The Morgan fingerprint density at radius 1 is 1.16 bits per heavy atom. The van der Waals surface area contributed by atoms with Gasteiger partial charge in [-0.2, -0.15) is 0 Å². The molecule has 0 spiro atoms. The number of hydrogen-bond acceptors (Lipinski definition) is 3. The molecule has 0 fully saturated rings. The van der Waals surface area contributed by atoms with Crippen LogP contribution in [0.2, 0.25) is 0 Å². The number of aromatic nitrogens is 2. The molecule has 3 aromatic rings. The highest BCUT2D eigenvalue weighted by Crippen LogP contribution is 2.18. The van der Waals surface area contributed by atoms with Crippen molar-refractivity contribution in [3.05, 3.63) is 82.7 Å². The zero-order valence-electron chi connectivity index (χ0n) is 13.6. The fraction of sp³-hybridized carbons (Fsp3) is 0.105. The van der Waals surface area contributed by atoms with Crippen molar-refractivity contribution in [2.75, 3.05) is 5.32 Å². The van der Waals surface area contributed by atoms with Crippen molar-refractivity contribution in [2.24, 2.45) is 0 Å². The summed E-state index contributed by atoms with van der Waals surface area (Å²) in [6.45, 7) is 1.78. The third-order valence-corrected chi connectivity index (χ3v) is 3.68. The van der Waals surface area contributed by atoms with Crippen LogP contribution in [0.4, 0.5) is 10.1 Å². The molecule has 1 heterocycles. The van der Waals surface area contributed by atoms with Crippen LogP contribution in [0, 0.1) is 12.7 Å². The first-order valence-corrected chi connectivity index (χ1v) is 7.71. The van der Waals surface area contributed by atoms with E-state index in [2.05, 4.69) is 10.3 Å². The van der Waals surface area contributed by atoms with Gasteiger partial charge >= 0.3 is 0 Å². The minimum Gasteiger partial charge on any atom is -0.325 e. The van der Waals surface area contributed by atoms with E-state index >= 15 is 0 Å². The highest BCUT2D eigenvalue weighted by Gasteiger charge is 2.10. The van der Waals surface area contributed by atoms with Gasteiger partial charge in [0.05, 0.1) is 12.0 Å². The Hall–Kier alpha value is -3.28. The minimum atomic E-state index is -0.454. The number of amides is 1.